The number of aromatic nitrogens is 1. The second-order valence-corrected chi connectivity index (χ2v) is 5.96. The molecule has 0 aliphatic heterocycles. The standard InChI is InChI=1S/C17H18ClF3N4O.2ClH/c18-13-8-12(17(19,20)21)9-25-16(13)23-7-6-15(26)24-10-14(22)11-4-2-1-3-5-11;;/h1-5,8-9,14H,6-7,10,22H2,(H,23,25)(H,24,26);2*1H. The maximum atomic E-state index is 12.5. The molecule has 11 heteroatoms. The Labute approximate surface area is 178 Å². The third-order valence-corrected chi connectivity index (χ3v) is 3.85. The van der Waals surface area contributed by atoms with Crippen LogP contribution >= 0.6 is 36.4 Å². The van der Waals surface area contributed by atoms with E-state index in [0.717, 1.165) is 11.6 Å². The molecule has 0 aliphatic carbocycles. The molecule has 1 amide bonds. The monoisotopic (exact) mass is 458 g/mol. The molecule has 0 spiro atoms. The molecule has 28 heavy (non-hydrogen) atoms. The molecule has 0 bridgehead atoms. The van der Waals surface area contributed by atoms with Crippen molar-refractivity contribution in [2.24, 2.45) is 5.73 Å². The molecular weight excluding hydrogens is 440 g/mol. The number of hydrogen-bond donors (Lipinski definition) is 3. The lowest BCUT2D eigenvalue weighted by Gasteiger charge is -2.14. The van der Waals surface area contributed by atoms with E-state index in [2.05, 4.69) is 15.6 Å². The van der Waals surface area contributed by atoms with Crippen molar-refractivity contribution in [2.75, 3.05) is 18.4 Å². The highest BCUT2D eigenvalue weighted by Crippen LogP contribution is 2.32. The van der Waals surface area contributed by atoms with E-state index < -0.39 is 11.7 Å². The fourth-order valence-electron chi connectivity index (χ4n) is 2.15. The molecule has 0 radical (unpaired) electrons. The van der Waals surface area contributed by atoms with Gasteiger partial charge in [0.25, 0.3) is 0 Å². The van der Waals surface area contributed by atoms with Gasteiger partial charge in [-0.3, -0.25) is 4.79 Å². The van der Waals surface area contributed by atoms with E-state index in [9.17, 15) is 18.0 Å². The fourth-order valence-corrected chi connectivity index (χ4v) is 2.38. The van der Waals surface area contributed by atoms with Crippen LogP contribution in [0.1, 0.15) is 23.6 Å². The third kappa shape index (κ3) is 8.10. The molecule has 5 nitrogen and oxygen atoms in total. The summed E-state index contributed by atoms with van der Waals surface area (Å²) >= 11 is 5.78. The predicted molar refractivity (Wildman–Crippen MR) is 108 cm³/mol. The molecule has 1 atom stereocenters. The molecule has 0 aliphatic rings. The number of carbonyl (C=O) groups is 1. The number of benzene rings is 1. The molecule has 2 aromatic rings. The van der Waals surface area contributed by atoms with Gasteiger partial charge in [-0.25, -0.2) is 4.98 Å². The Hall–Kier alpha value is -1.74. The van der Waals surface area contributed by atoms with Gasteiger partial charge in [0.05, 0.1) is 10.6 Å². The highest BCUT2D eigenvalue weighted by molar-refractivity contribution is 6.32. The number of halogens is 6. The van der Waals surface area contributed by atoms with Crippen LogP contribution in [0.25, 0.3) is 0 Å². The molecule has 1 aromatic heterocycles. The number of nitrogens with one attached hydrogen (secondary N) is 2. The Kier molecular flexibility index (Phi) is 11.2. The van der Waals surface area contributed by atoms with Crippen molar-refractivity contribution < 1.29 is 18.0 Å². The zero-order chi connectivity index (χ0) is 19.2. The lowest BCUT2D eigenvalue weighted by Crippen LogP contribution is -2.32. The van der Waals surface area contributed by atoms with Gasteiger partial charge in [-0.1, -0.05) is 41.9 Å². The van der Waals surface area contributed by atoms with Gasteiger partial charge in [-0.05, 0) is 11.6 Å². The van der Waals surface area contributed by atoms with Crippen molar-refractivity contribution in [3.63, 3.8) is 0 Å². The summed E-state index contributed by atoms with van der Waals surface area (Å²) in [6.07, 6.45) is -3.72. The summed E-state index contributed by atoms with van der Waals surface area (Å²) in [5, 5.41) is 5.28. The Morgan fingerprint density at radius 2 is 1.86 bits per heavy atom. The summed E-state index contributed by atoms with van der Waals surface area (Å²) in [7, 11) is 0. The summed E-state index contributed by atoms with van der Waals surface area (Å²) in [6, 6.07) is 9.81. The van der Waals surface area contributed by atoms with E-state index in [-0.39, 0.29) is 67.1 Å². The Balaban J connectivity index is 0.00000364. The van der Waals surface area contributed by atoms with Crippen LogP contribution in [0.3, 0.4) is 0 Å². The van der Waals surface area contributed by atoms with Crippen LogP contribution in [0.4, 0.5) is 19.0 Å². The molecule has 4 N–H and O–H groups in total. The number of nitrogens with two attached hydrogens (primary N) is 1. The van der Waals surface area contributed by atoms with Gasteiger partial charge in [-0.2, -0.15) is 13.2 Å². The zero-order valence-electron chi connectivity index (χ0n) is 14.5. The molecular formula is C17H20Cl3F3N4O. The molecule has 1 aromatic carbocycles. The zero-order valence-corrected chi connectivity index (χ0v) is 16.9. The quantitative estimate of drug-likeness (QED) is 0.579. The van der Waals surface area contributed by atoms with Crippen LogP contribution in [-0.2, 0) is 11.0 Å². The van der Waals surface area contributed by atoms with E-state index in [4.69, 9.17) is 17.3 Å². The fraction of sp³-hybridized carbons (Fsp3) is 0.294. The minimum Gasteiger partial charge on any atom is -0.368 e. The number of alkyl halides is 3. The van der Waals surface area contributed by atoms with Crippen molar-refractivity contribution in [3.05, 3.63) is 58.7 Å². The highest BCUT2D eigenvalue weighted by Gasteiger charge is 2.31. The summed E-state index contributed by atoms with van der Waals surface area (Å²) in [6.45, 7) is 0.451. The molecule has 0 fully saturated rings. The van der Waals surface area contributed by atoms with Crippen molar-refractivity contribution in [2.45, 2.75) is 18.6 Å². The SMILES string of the molecule is Cl.Cl.NC(CNC(=O)CCNc1ncc(C(F)(F)F)cc1Cl)c1ccccc1. The first kappa shape index (κ1) is 26.3. The number of nitrogens with zero attached hydrogens (tertiary/aromatic N) is 1. The largest absolute Gasteiger partial charge is 0.417 e. The van der Waals surface area contributed by atoms with Crippen LogP contribution in [0, 0.1) is 0 Å². The van der Waals surface area contributed by atoms with Gasteiger partial charge in [0.1, 0.15) is 5.82 Å². The average Bonchev–Trinajstić information content (AvgIpc) is 2.61. The average molecular weight is 460 g/mol. The topological polar surface area (TPSA) is 80.0 Å². The number of hydrogen-bond acceptors (Lipinski definition) is 4. The predicted octanol–water partition coefficient (Wildman–Crippen LogP) is 4.22. The lowest BCUT2D eigenvalue weighted by molar-refractivity contribution is -0.137. The second-order valence-electron chi connectivity index (χ2n) is 5.55. The molecule has 0 saturated carbocycles. The lowest BCUT2D eigenvalue weighted by atomic mass is 10.1. The number of carbonyl (C=O) groups excluding carboxylic acids is 1. The van der Waals surface area contributed by atoms with Crippen LogP contribution in [-0.4, -0.2) is 24.0 Å². The van der Waals surface area contributed by atoms with E-state index in [1.807, 2.05) is 30.3 Å². The van der Waals surface area contributed by atoms with E-state index >= 15 is 0 Å². The van der Waals surface area contributed by atoms with Gasteiger partial charge >= 0.3 is 6.18 Å². The number of anilines is 1. The van der Waals surface area contributed by atoms with Crippen molar-refractivity contribution in [3.8, 4) is 0 Å². The first-order valence-corrected chi connectivity index (χ1v) is 8.19. The van der Waals surface area contributed by atoms with Gasteiger partial charge in [0.15, 0.2) is 0 Å². The first-order valence-electron chi connectivity index (χ1n) is 7.81. The minimum absolute atomic E-state index is 0. The van der Waals surface area contributed by atoms with Crippen LogP contribution in [0.5, 0.6) is 0 Å². The van der Waals surface area contributed by atoms with Crippen molar-refractivity contribution in [1.82, 2.24) is 10.3 Å². The molecule has 2 rings (SSSR count). The van der Waals surface area contributed by atoms with Crippen LogP contribution < -0.4 is 16.4 Å². The van der Waals surface area contributed by atoms with E-state index in [1.165, 1.54) is 0 Å². The van der Waals surface area contributed by atoms with Gasteiger partial charge in [0, 0.05) is 31.7 Å². The number of pyridine rings is 1. The minimum atomic E-state index is -4.51. The highest BCUT2D eigenvalue weighted by atomic mass is 35.5. The third-order valence-electron chi connectivity index (χ3n) is 3.56. The smallest absolute Gasteiger partial charge is 0.368 e. The normalized spacial score (nSPS) is 11.6. The van der Waals surface area contributed by atoms with E-state index in [1.54, 1.807) is 0 Å². The van der Waals surface area contributed by atoms with Gasteiger partial charge in [0.2, 0.25) is 5.91 Å². The molecule has 156 valence electrons. The Morgan fingerprint density at radius 3 is 2.43 bits per heavy atom. The van der Waals surface area contributed by atoms with Crippen molar-refractivity contribution in [1.29, 1.82) is 0 Å². The maximum absolute atomic E-state index is 12.5. The second kappa shape index (κ2) is 12.0. The summed E-state index contributed by atoms with van der Waals surface area (Å²) in [5.74, 6) is -0.152. The van der Waals surface area contributed by atoms with Gasteiger partial charge in [-0.15, -0.1) is 24.8 Å². The molecule has 0 saturated heterocycles. The summed E-state index contributed by atoms with van der Waals surface area (Å²) < 4.78 is 37.6. The summed E-state index contributed by atoms with van der Waals surface area (Å²) in [4.78, 5) is 15.5. The van der Waals surface area contributed by atoms with E-state index in [0.29, 0.717) is 6.20 Å². The van der Waals surface area contributed by atoms with Crippen LogP contribution in [0.2, 0.25) is 5.02 Å². The van der Waals surface area contributed by atoms with Crippen molar-refractivity contribution >= 4 is 48.1 Å². The molecule has 1 heterocycles. The summed E-state index contributed by atoms with van der Waals surface area (Å²) in [5.41, 5.74) is 5.96. The number of amides is 1. The Bertz CT molecular complexity index is 748. The van der Waals surface area contributed by atoms with Gasteiger partial charge < -0.3 is 16.4 Å². The number of rotatable bonds is 7. The Morgan fingerprint density at radius 1 is 1.21 bits per heavy atom. The maximum Gasteiger partial charge on any atom is 0.417 e. The first-order chi connectivity index (χ1) is 12.3. The molecule has 1 unspecified atom stereocenters. The van der Waals surface area contributed by atoms with Crippen LogP contribution in [0.15, 0.2) is 42.6 Å².